The summed E-state index contributed by atoms with van der Waals surface area (Å²) in [6.07, 6.45) is 5.96. The average Bonchev–Trinajstić information content (AvgIpc) is 3.42. The maximum atomic E-state index is 11.9. The van der Waals surface area contributed by atoms with Gasteiger partial charge in [0.05, 0.1) is 6.61 Å². The van der Waals surface area contributed by atoms with Crippen LogP contribution in [0.15, 0.2) is 24.3 Å². The van der Waals surface area contributed by atoms with Crippen LogP contribution in [-0.2, 0) is 13.1 Å². The summed E-state index contributed by atoms with van der Waals surface area (Å²) in [6, 6.07) is 9.04. The molecule has 2 amide bonds. The fourth-order valence-electron chi connectivity index (χ4n) is 3.47. The van der Waals surface area contributed by atoms with E-state index < -0.39 is 0 Å². The van der Waals surface area contributed by atoms with E-state index in [1.54, 1.807) is 0 Å². The van der Waals surface area contributed by atoms with Crippen LogP contribution < -0.4 is 10.6 Å². The highest BCUT2D eigenvalue weighted by molar-refractivity contribution is 5.73. The Balaban J connectivity index is 1.40. The van der Waals surface area contributed by atoms with E-state index in [0.29, 0.717) is 19.1 Å². The third-order valence-corrected chi connectivity index (χ3v) is 5.72. The maximum Gasteiger partial charge on any atom is 0.315 e. The fourth-order valence-corrected chi connectivity index (χ4v) is 3.47. The van der Waals surface area contributed by atoms with Crippen LogP contribution in [0.1, 0.15) is 50.2 Å². The Hall–Kier alpha value is -1.59. The van der Waals surface area contributed by atoms with E-state index in [1.165, 1.54) is 31.4 Å². The first-order valence-corrected chi connectivity index (χ1v) is 9.55. The molecule has 1 saturated carbocycles. The quantitative estimate of drug-likeness (QED) is 0.712. The summed E-state index contributed by atoms with van der Waals surface area (Å²) in [5.74, 6) is 0. The molecular weight excluding hydrogens is 314 g/mol. The van der Waals surface area contributed by atoms with Crippen molar-refractivity contribution in [2.75, 3.05) is 19.7 Å². The fraction of sp³-hybridized carbons (Fsp3) is 0.650. The number of carbonyl (C=O) groups is 1. The van der Waals surface area contributed by atoms with Gasteiger partial charge in [-0.15, -0.1) is 0 Å². The minimum atomic E-state index is -0.161. The van der Waals surface area contributed by atoms with Crippen molar-refractivity contribution in [1.29, 1.82) is 0 Å². The summed E-state index contributed by atoms with van der Waals surface area (Å²) in [7, 11) is 0. The molecule has 3 rings (SSSR count). The number of hydrogen-bond donors (Lipinski definition) is 3. The lowest BCUT2D eigenvalue weighted by atomic mass is 10.0. The van der Waals surface area contributed by atoms with Gasteiger partial charge in [-0.3, -0.25) is 4.90 Å². The highest BCUT2D eigenvalue weighted by Crippen LogP contribution is 2.44. The van der Waals surface area contributed by atoms with Gasteiger partial charge in [0.15, 0.2) is 0 Å². The zero-order valence-electron chi connectivity index (χ0n) is 15.3. The van der Waals surface area contributed by atoms with E-state index in [9.17, 15) is 9.90 Å². The van der Waals surface area contributed by atoms with Crippen LogP contribution in [0.3, 0.4) is 0 Å². The lowest BCUT2D eigenvalue weighted by Crippen LogP contribution is -2.39. The van der Waals surface area contributed by atoms with Crippen LogP contribution in [0.5, 0.6) is 0 Å². The van der Waals surface area contributed by atoms with Crippen molar-refractivity contribution in [3.05, 3.63) is 35.4 Å². The normalized spacial score (nSPS) is 22.4. The SMILES string of the molecule is CC1CCCCN1Cc1ccc(CNC(=O)NCC2(CO)CC2)cc1. The Bertz CT molecular complexity index is 569. The molecule has 0 aromatic heterocycles. The monoisotopic (exact) mass is 345 g/mol. The van der Waals surface area contributed by atoms with E-state index in [0.717, 1.165) is 24.9 Å². The smallest absolute Gasteiger partial charge is 0.315 e. The number of nitrogens with one attached hydrogen (secondary N) is 2. The molecule has 1 aliphatic heterocycles. The lowest BCUT2D eigenvalue weighted by Gasteiger charge is -2.33. The van der Waals surface area contributed by atoms with E-state index in [-0.39, 0.29) is 18.1 Å². The molecule has 1 aromatic rings. The minimum absolute atomic E-state index is 0.0510. The third kappa shape index (κ3) is 5.19. The van der Waals surface area contributed by atoms with E-state index in [2.05, 4.69) is 46.7 Å². The van der Waals surface area contributed by atoms with Gasteiger partial charge in [-0.2, -0.15) is 0 Å². The van der Waals surface area contributed by atoms with Crippen molar-refractivity contribution in [3.63, 3.8) is 0 Å². The van der Waals surface area contributed by atoms with Gasteiger partial charge in [0.2, 0.25) is 0 Å². The molecule has 5 heteroatoms. The first-order chi connectivity index (χ1) is 12.1. The van der Waals surface area contributed by atoms with Gasteiger partial charge in [0, 0.05) is 31.1 Å². The Morgan fingerprint density at radius 2 is 1.92 bits per heavy atom. The Morgan fingerprint density at radius 1 is 1.20 bits per heavy atom. The van der Waals surface area contributed by atoms with Crippen molar-refractivity contribution in [2.45, 2.75) is 58.2 Å². The summed E-state index contributed by atoms with van der Waals surface area (Å²) in [5, 5.41) is 15.0. The van der Waals surface area contributed by atoms with Crippen LogP contribution >= 0.6 is 0 Å². The molecule has 0 spiro atoms. The number of amides is 2. The molecule has 1 aromatic carbocycles. The second kappa shape index (κ2) is 8.19. The Morgan fingerprint density at radius 3 is 2.56 bits per heavy atom. The molecule has 3 N–H and O–H groups in total. The van der Waals surface area contributed by atoms with Gasteiger partial charge in [-0.1, -0.05) is 30.7 Å². The molecule has 0 bridgehead atoms. The van der Waals surface area contributed by atoms with Crippen LogP contribution in [-0.4, -0.2) is 41.8 Å². The molecule has 1 saturated heterocycles. The molecule has 1 heterocycles. The van der Waals surface area contributed by atoms with Crippen molar-refractivity contribution < 1.29 is 9.90 Å². The number of rotatable bonds is 7. The molecule has 1 aliphatic carbocycles. The van der Waals surface area contributed by atoms with Crippen molar-refractivity contribution in [2.24, 2.45) is 5.41 Å². The zero-order chi connectivity index (χ0) is 17.7. The van der Waals surface area contributed by atoms with Crippen LogP contribution in [0.4, 0.5) is 4.79 Å². The zero-order valence-corrected chi connectivity index (χ0v) is 15.3. The van der Waals surface area contributed by atoms with Gasteiger partial charge >= 0.3 is 6.03 Å². The molecule has 138 valence electrons. The summed E-state index contributed by atoms with van der Waals surface area (Å²) in [5.41, 5.74) is 2.39. The number of nitrogens with zero attached hydrogens (tertiary/aromatic N) is 1. The van der Waals surface area contributed by atoms with Crippen LogP contribution in [0.2, 0.25) is 0 Å². The van der Waals surface area contributed by atoms with Crippen molar-refractivity contribution in [1.82, 2.24) is 15.5 Å². The van der Waals surface area contributed by atoms with E-state index in [4.69, 9.17) is 0 Å². The first-order valence-electron chi connectivity index (χ1n) is 9.55. The number of hydrogen-bond acceptors (Lipinski definition) is 3. The largest absolute Gasteiger partial charge is 0.396 e. The number of likely N-dealkylation sites (tertiary alicyclic amines) is 1. The van der Waals surface area contributed by atoms with Crippen LogP contribution in [0, 0.1) is 5.41 Å². The van der Waals surface area contributed by atoms with E-state index in [1.807, 2.05) is 0 Å². The first kappa shape index (κ1) is 18.2. The highest BCUT2D eigenvalue weighted by Gasteiger charge is 2.42. The molecule has 1 atom stereocenters. The third-order valence-electron chi connectivity index (χ3n) is 5.72. The van der Waals surface area contributed by atoms with Gasteiger partial charge in [-0.05, 0) is 50.3 Å². The summed E-state index contributed by atoms with van der Waals surface area (Å²) in [4.78, 5) is 14.4. The predicted molar refractivity (Wildman–Crippen MR) is 99.2 cm³/mol. The topological polar surface area (TPSA) is 64.6 Å². The number of benzene rings is 1. The summed E-state index contributed by atoms with van der Waals surface area (Å²) >= 11 is 0. The summed E-state index contributed by atoms with van der Waals surface area (Å²) < 4.78 is 0. The predicted octanol–water partition coefficient (Wildman–Crippen LogP) is 2.63. The van der Waals surface area contributed by atoms with Gasteiger partial charge in [-0.25, -0.2) is 4.79 Å². The minimum Gasteiger partial charge on any atom is -0.396 e. The maximum absolute atomic E-state index is 11.9. The lowest BCUT2D eigenvalue weighted by molar-refractivity contribution is 0.152. The number of carbonyl (C=O) groups excluding carboxylic acids is 1. The van der Waals surface area contributed by atoms with Gasteiger partial charge in [0.25, 0.3) is 0 Å². The molecular formula is C20H31N3O2. The Labute approximate surface area is 150 Å². The van der Waals surface area contributed by atoms with Crippen molar-refractivity contribution >= 4 is 6.03 Å². The number of urea groups is 1. The highest BCUT2D eigenvalue weighted by atomic mass is 16.3. The van der Waals surface area contributed by atoms with Crippen molar-refractivity contribution in [3.8, 4) is 0 Å². The molecule has 2 fully saturated rings. The molecule has 1 unspecified atom stereocenters. The van der Waals surface area contributed by atoms with Gasteiger partial charge in [0.1, 0.15) is 0 Å². The molecule has 5 nitrogen and oxygen atoms in total. The molecule has 0 radical (unpaired) electrons. The summed E-state index contributed by atoms with van der Waals surface area (Å²) in [6.45, 7) is 5.77. The molecule has 2 aliphatic rings. The Kier molecular flexibility index (Phi) is 5.97. The number of aliphatic hydroxyl groups excluding tert-OH is 1. The second-order valence-electron chi connectivity index (χ2n) is 7.83. The van der Waals surface area contributed by atoms with E-state index >= 15 is 0 Å². The van der Waals surface area contributed by atoms with Crippen LogP contribution in [0.25, 0.3) is 0 Å². The number of aliphatic hydroxyl groups is 1. The standard InChI is InChI=1S/C20H31N3O2/c1-16-4-2-3-11-23(16)13-18-7-5-17(6-8-18)12-21-19(25)22-14-20(15-24)9-10-20/h5-8,16,24H,2-4,9-15H2,1H3,(H2,21,22,25). The average molecular weight is 345 g/mol. The number of piperidine rings is 1. The van der Waals surface area contributed by atoms with Gasteiger partial charge < -0.3 is 15.7 Å². The molecule has 25 heavy (non-hydrogen) atoms. The second-order valence-corrected chi connectivity index (χ2v) is 7.83.